The standard InChI is InChI=1S/C28H46O2/c1-27(30-26-28-23-19-17-20-24-28)22-18-15-13-11-9-7-5-3-2-4-6-8-10-12-14-16-21-25-29/h2-3,17,19-20,23-25,27H,4-16,18,21-22,26H2,1H3/b3-2-/t27-/m1/s1. The molecule has 0 radical (unpaired) electrons. The fourth-order valence-corrected chi connectivity index (χ4v) is 3.73. The van der Waals surface area contributed by atoms with Gasteiger partial charge in [0.25, 0.3) is 0 Å². The Hall–Kier alpha value is -1.41. The van der Waals surface area contributed by atoms with Crippen LogP contribution in [0.4, 0.5) is 0 Å². The minimum absolute atomic E-state index is 0.359. The largest absolute Gasteiger partial charge is 0.374 e. The Kier molecular flexibility index (Phi) is 18.5. The van der Waals surface area contributed by atoms with Gasteiger partial charge in [-0.05, 0) is 51.0 Å². The van der Waals surface area contributed by atoms with Crippen LogP contribution in [-0.2, 0) is 16.1 Å². The zero-order valence-corrected chi connectivity index (χ0v) is 19.5. The molecule has 0 aliphatic carbocycles. The summed E-state index contributed by atoms with van der Waals surface area (Å²) in [6.07, 6.45) is 26.2. The quantitative estimate of drug-likeness (QED) is 0.114. The highest BCUT2D eigenvalue weighted by Gasteiger charge is 2.02. The zero-order chi connectivity index (χ0) is 21.5. The molecule has 1 aromatic carbocycles. The third-order valence-electron chi connectivity index (χ3n) is 5.72. The van der Waals surface area contributed by atoms with Crippen molar-refractivity contribution in [3.05, 3.63) is 48.0 Å². The molecule has 170 valence electrons. The molecule has 0 unspecified atom stereocenters. The summed E-state index contributed by atoms with van der Waals surface area (Å²) in [5, 5.41) is 0. The Bertz CT molecular complexity index is 509. The van der Waals surface area contributed by atoms with Gasteiger partial charge in [0.05, 0.1) is 12.7 Å². The first-order valence-electron chi connectivity index (χ1n) is 12.6. The van der Waals surface area contributed by atoms with Gasteiger partial charge in [-0.3, -0.25) is 0 Å². The third-order valence-corrected chi connectivity index (χ3v) is 5.72. The van der Waals surface area contributed by atoms with Gasteiger partial charge >= 0.3 is 0 Å². The predicted molar refractivity (Wildman–Crippen MR) is 130 cm³/mol. The molecule has 0 fully saturated rings. The second-order valence-electron chi connectivity index (χ2n) is 8.64. The van der Waals surface area contributed by atoms with Crippen LogP contribution in [-0.4, -0.2) is 12.4 Å². The van der Waals surface area contributed by atoms with E-state index >= 15 is 0 Å². The summed E-state index contributed by atoms with van der Waals surface area (Å²) >= 11 is 0. The van der Waals surface area contributed by atoms with Gasteiger partial charge in [0.15, 0.2) is 0 Å². The Balaban J connectivity index is 1.77. The van der Waals surface area contributed by atoms with E-state index in [9.17, 15) is 4.79 Å². The van der Waals surface area contributed by atoms with Crippen LogP contribution >= 0.6 is 0 Å². The molecule has 0 heterocycles. The SMILES string of the molecule is C[C@H](CCCCCCCC/C=C\CCCCCCCCC=O)OCc1ccccc1. The highest BCUT2D eigenvalue weighted by Crippen LogP contribution is 2.13. The Labute approximate surface area is 186 Å². The van der Waals surface area contributed by atoms with Gasteiger partial charge in [0, 0.05) is 6.42 Å². The van der Waals surface area contributed by atoms with Crippen molar-refractivity contribution < 1.29 is 9.53 Å². The summed E-state index contributed by atoms with van der Waals surface area (Å²) in [5.74, 6) is 0. The van der Waals surface area contributed by atoms with Crippen molar-refractivity contribution in [1.82, 2.24) is 0 Å². The molecule has 0 saturated carbocycles. The molecular formula is C28H46O2. The lowest BCUT2D eigenvalue weighted by molar-refractivity contribution is -0.107. The lowest BCUT2D eigenvalue weighted by atomic mass is 10.1. The lowest BCUT2D eigenvalue weighted by Gasteiger charge is -2.13. The van der Waals surface area contributed by atoms with Gasteiger partial charge in [0.2, 0.25) is 0 Å². The number of carbonyl (C=O) groups excluding carboxylic acids is 1. The second-order valence-corrected chi connectivity index (χ2v) is 8.64. The summed E-state index contributed by atoms with van der Waals surface area (Å²) in [6, 6.07) is 10.4. The van der Waals surface area contributed by atoms with Crippen molar-refractivity contribution in [1.29, 1.82) is 0 Å². The molecule has 30 heavy (non-hydrogen) atoms. The van der Waals surface area contributed by atoms with Crippen molar-refractivity contribution in [2.45, 2.75) is 122 Å². The molecule has 2 heteroatoms. The number of benzene rings is 1. The van der Waals surface area contributed by atoms with E-state index in [0.717, 1.165) is 25.7 Å². The second kappa shape index (κ2) is 20.8. The maximum absolute atomic E-state index is 10.2. The molecule has 1 atom stereocenters. The van der Waals surface area contributed by atoms with E-state index in [0.29, 0.717) is 6.10 Å². The molecule has 0 bridgehead atoms. The van der Waals surface area contributed by atoms with Crippen LogP contribution in [0.2, 0.25) is 0 Å². The van der Waals surface area contributed by atoms with E-state index in [1.54, 1.807) is 0 Å². The van der Waals surface area contributed by atoms with E-state index in [-0.39, 0.29) is 0 Å². The van der Waals surface area contributed by atoms with Gasteiger partial charge < -0.3 is 9.53 Å². The monoisotopic (exact) mass is 414 g/mol. The number of unbranched alkanes of at least 4 members (excludes halogenated alkanes) is 13. The molecule has 0 aliphatic heterocycles. The Morgan fingerprint density at radius 1 is 0.700 bits per heavy atom. The molecule has 1 rings (SSSR count). The van der Waals surface area contributed by atoms with Crippen molar-refractivity contribution in [3.63, 3.8) is 0 Å². The first kappa shape index (κ1) is 26.6. The van der Waals surface area contributed by atoms with Crippen molar-refractivity contribution in [2.75, 3.05) is 0 Å². The van der Waals surface area contributed by atoms with E-state index in [2.05, 4.69) is 43.3 Å². The number of hydrogen-bond acceptors (Lipinski definition) is 2. The molecule has 0 aromatic heterocycles. The number of aldehydes is 1. The molecule has 1 aromatic rings. The summed E-state index contributed by atoms with van der Waals surface area (Å²) < 4.78 is 5.94. The highest BCUT2D eigenvalue weighted by atomic mass is 16.5. The number of rotatable bonds is 21. The molecular weight excluding hydrogens is 368 g/mol. The van der Waals surface area contributed by atoms with Crippen LogP contribution in [0.3, 0.4) is 0 Å². The minimum atomic E-state index is 0.359. The molecule has 2 nitrogen and oxygen atoms in total. The van der Waals surface area contributed by atoms with Crippen LogP contribution < -0.4 is 0 Å². The average Bonchev–Trinajstić information content (AvgIpc) is 2.77. The number of carbonyl (C=O) groups is 1. The molecule has 0 N–H and O–H groups in total. The van der Waals surface area contributed by atoms with Gasteiger partial charge in [-0.2, -0.15) is 0 Å². The van der Waals surface area contributed by atoms with Crippen LogP contribution in [0.1, 0.15) is 115 Å². The van der Waals surface area contributed by atoms with E-state index < -0.39 is 0 Å². The normalized spacial score (nSPS) is 12.4. The minimum Gasteiger partial charge on any atom is -0.374 e. The van der Waals surface area contributed by atoms with Crippen LogP contribution in [0, 0.1) is 0 Å². The molecule has 0 saturated heterocycles. The topological polar surface area (TPSA) is 26.3 Å². The van der Waals surface area contributed by atoms with E-state index in [4.69, 9.17) is 4.74 Å². The summed E-state index contributed by atoms with van der Waals surface area (Å²) in [6.45, 7) is 2.93. The number of hydrogen-bond donors (Lipinski definition) is 0. The van der Waals surface area contributed by atoms with E-state index in [1.807, 2.05) is 6.07 Å². The van der Waals surface area contributed by atoms with Crippen LogP contribution in [0.15, 0.2) is 42.5 Å². The Morgan fingerprint density at radius 2 is 1.20 bits per heavy atom. The van der Waals surface area contributed by atoms with Crippen molar-refractivity contribution >= 4 is 6.29 Å². The van der Waals surface area contributed by atoms with Crippen molar-refractivity contribution in [3.8, 4) is 0 Å². The lowest BCUT2D eigenvalue weighted by Crippen LogP contribution is -2.07. The molecule has 0 amide bonds. The van der Waals surface area contributed by atoms with Crippen molar-refractivity contribution in [2.24, 2.45) is 0 Å². The smallest absolute Gasteiger partial charge is 0.119 e. The highest BCUT2D eigenvalue weighted by molar-refractivity contribution is 5.48. The fraction of sp³-hybridized carbons (Fsp3) is 0.679. The van der Waals surface area contributed by atoms with Gasteiger partial charge in [0.1, 0.15) is 6.29 Å². The first-order chi connectivity index (χ1) is 14.8. The average molecular weight is 415 g/mol. The van der Waals surface area contributed by atoms with E-state index in [1.165, 1.54) is 95.5 Å². The summed E-state index contributed by atoms with van der Waals surface area (Å²) in [4.78, 5) is 10.2. The molecule has 0 spiro atoms. The Morgan fingerprint density at radius 3 is 1.77 bits per heavy atom. The summed E-state index contributed by atoms with van der Waals surface area (Å²) in [7, 11) is 0. The van der Waals surface area contributed by atoms with Gasteiger partial charge in [-0.15, -0.1) is 0 Å². The van der Waals surface area contributed by atoms with Gasteiger partial charge in [-0.1, -0.05) is 100 Å². The number of ether oxygens (including phenoxy) is 1. The maximum atomic E-state index is 10.2. The number of allylic oxidation sites excluding steroid dienone is 2. The molecule has 0 aliphatic rings. The van der Waals surface area contributed by atoms with Gasteiger partial charge in [-0.25, -0.2) is 0 Å². The maximum Gasteiger partial charge on any atom is 0.119 e. The van der Waals surface area contributed by atoms with Crippen LogP contribution in [0.25, 0.3) is 0 Å². The van der Waals surface area contributed by atoms with Crippen LogP contribution in [0.5, 0.6) is 0 Å². The first-order valence-corrected chi connectivity index (χ1v) is 12.6. The zero-order valence-electron chi connectivity index (χ0n) is 19.5. The fourth-order valence-electron chi connectivity index (χ4n) is 3.73. The predicted octanol–water partition coefficient (Wildman–Crippen LogP) is 8.59. The summed E-state index contributed by atoms with van der Waals surface area (Å²) in [5.41, 5.74) is 1.26. The third kappa shape index (κ3) is 17.4.